The Morgan fingerprint density at radius 2 is 2.56 bits per heavy atom. The molecule has 48 valence electrons. The molecule has 0 aromatic heterocycles. The smallest absolute Gasteiger partial charge is 0.336 e. The molecule has 9 heavy (non-hydrogen) atoms. The summed E-state index contributed by atoms with van der Waals surface area (Å²) in [6.45, 7) is 0. The molecule has 0 saturated heterocycles. The first-order valence-corrected chi connectivity index (χ1v) is 2.37. The number of aliphatic hydroxyl groups excluding tert-OH is 1. The fraction of sp³-hybridized carbons (Fsp3) is 0.250. The highest BCUT2D eigenvalue weighted by molar-refractivity contribution is 5.82. The highest BCUT2D eigenvalue weighted by atomic mass is 16.4. The van der Waals surface area contributed by atoms with Crippen LogP contribution in [-0.2, 0) is 0 Å². The van der Waals surface area contributed by atoms with Crippen LogP contribution in [0.4, 0.5) is 0 Å². The maximum Gasteiger partial charge on any atom is 0.359 e. The summed E-state index contributed by atoms with van der Waals surface area (Å²) in [5, 5.41) is 17.8. The summed E-state index contributed by atoms with van der Waals surface area (Å²) in [4.78, 5) is 10.5. The molecule has 3 N–H and O–H groups in total. The number of nitrogens with one attached hydrogen (secondary N) is 2. The van der Waals surface area contributed by atoms with Crippen LogP contribution in [-0.4, -0.2) is 22.1 Å². The molecule has 0 aliphatic carbocycles. The fourth-order valence-corrected chi connectivity index (χ4v) is 0.486. The normalized spacial score (nSPS) is 26.1. The Labute approximate surface area is 51.1 Å². The molecule has 1 aliphatic heterocycles. The first-order chi connectivity index (χ1) is 4.22. The van der Waals surface area contributed by atoms with Gasteiger partial charge in [0.15, 0.2) is 0 Å². The van der Waals surface area contributed by atoms with Gasteiger partial charge in [-0.1, -0.05) is 10.3 Å². The van der Waals surface area contributed by atoms with Gasteiger partial charge in [0, 0.05) is 11.0 Å². The Morgan fingerprint density at radius 3 is 3.00 bits per heavy atom. The summed E-state index contributed by atoms with van der Waals surface area (Å²) in [6, 6.07) is 0. The van der Waals surface area contributed by atoms with Crippen LogP contribution in [0.15, 0.2) is 12.3 Å². The lowest BCUT2D eigenvalue weighted by atomic mass is 10.5. The Hall–Kier alpha value is -1.23. The lowest BCUT2D eigenvalue weighted by Gasteiger charge is -2.07. The third-order valence-corrected chi connectivity index (χ3v) is 0.946. The van der Waals surface area contributed by atoms with E-state index in [0.717, 1.165) is 0 Å². The van der Waals surface area contributed by atoms with E-state index in [1.807, 2.05) is 0 Å². The van der Waals surface area contributed by atoms with E-state index in [9.17, 15) is 4.91 Å². The van der Waals surface area contributed by atoms with Crippen LogP contribution in [0.2, 0.25) is 0 Å². The predicted molar refractivity (Wildman–Crippen MR) is 29.6 cm³/mol. The van der Waals surface area contributed by atoms with Crippen molar-refractivity contribution in [2.45, 2.75) is 6.35 Å². The SMILES string of the molecule is N=C1C=CNC(O)[N+]1=O. The molecule has 1 rings (SSSR count). The molecule has 5 nitrogen and oxygen atoms in total. The maximum absolute atomic E-state index is 10.5. The van der Waals surface area contributed by atoms with Gasteiger partial charge in [0.2, 0.25) is 0 Å². The standard InChI is InChI=1S/C4H6N3O2/c5-3-1-2-6-4(8)7(3)9/h1-2,4-6,8H/q+1. The number of rotatable bonds is 0. The van der Waals surface area contributed by atoms with E-state index in [-0.39, 0.29) is 10.6 Å². The van der Waals surface area contributed by atoms with Crippen molar-refractivity contribution < 1.29 is 9.87 Å². The van der Waals surface area contributed by atoms with E-state index < -0.39 is 6.35 Å². The van der Waals surface area contributed by atoms with Crippen molar-refractivity contribution in [1.82, 2.24) is 5.32 Å². The molecule has 0 aromatic rings. The summed E-state index contributed by atoms with van der Waals surface area (Å²) in [7, 11) is 0. The highest BCUT2D eigenvalue weighted by Gasteiger charge is 2.24. The zero-order valence-corrected chi connectivity index (χ0v) is 4.53. The average Bonchev–Trinajstić information content (AvgIpc) is 1.83. The molecular weight excluding hydrogens is 122 g/mol. The van der Waals surface area contributed by atoms with Gasteiger partial charge in [-0.2, -0.15) is 0 Å². The summed E-state index contributed by atoms with van der Waals surface area (Å²) in [5.74, 6) is -0.249. The fourth-order valence-electron chi connectivity index (χ4n) is 0.486. The molecule has 5 heteroatoms. The van der Waals surface area contributed by atoms with Crippen molar-refractivity contribution in [1.29, 1.82) is 5.41 Å². The predicted octanol–water partition coefficient (Wildman–Crippen LogP) is -0.865. The van der Waals surface area contributed by atoms with Crippen molar-refractivity contribution in [3.63, 3.8) is 0 Å². The minimum atomic E-state index is -1.30. The number of hydrogen-bond donors (Lipinski definition) is 3. The number of nitroso groups, excluding NO2 is 1. The van der Waals surface area contributed by atoms with Gasteiger partial charge < -0.3 is 10.4 Å². The van der Waals surface area contributed by atoms with Crippen LogP contribution in [0, 0.1) is 10.3 Å². The summed E-state index contributed by atoms with van der Waals surface area (Å²) >= 11 is 0. The maximum atomic E-state index is 10.5. The summed E-state index contributed by atoms with van der Waals surface area (Å²) in [5.41, 5.74) is 0. The first kappa shape index (κ1) is 5.90. The second-order valence-corrected chi connectivity index (χ2v) is 1.58. The summed E-state index contributed by atoms with van der Waals surface area (Å²) < 4.78 is 0.167. The Bertz CT molecular complexity index is 186. The number of amidine groups is 1. The van der Waals surface area contributed by atoms with Crippen molar-refractivity contribution in [2.75, 3.05) is 0 Å². The first-order valence-electron chi connectivity index (χ1n) is 2.37. The molecule has 1 heterocycles. The van der Waals surface area contributed by atoms with Crippen molar-refractivity contribution in [3.05, 3.63) is 17.2 Å². The molecule has 0 fully saturated rings. The van der Waals surface area contributed by atoms with Gasteiger partial charge in [-0.15, -0.1) is 0 Å². The molecular formula is C4H6N3O2+. The van der Waals surface area contributed by atoms with E-state index in [1.165, 1.54) is 12.3 Å². The van der Waals surface area contributed by atoms with Crippen molar-refractivity contribution >= 4 is 5.84 Å². The molecule has 0 amide bonds. The van der Waals surface area contributed by atoms with E-state index >= 15 is 0 Å². The second-order valence-electron chi connectivity index (χ2n) is 1.58. The number of nitrogens with zero attached hydrogens (tertiary/aromatic N) is 1. The lowest BCUT2D eigenvalue weighted by Crippen LogP contribution is -2.41. The largest absolute Gasteiger partial charge is 0.359 e. The average molecular weight is 128 g/mol. The zero-order valence-electron chi connectivity index (χ0n) is 4.53. The van der Waals surface area contributed by atoms with Crippen LogP contribution in [0.1, 0.15) is 0 Å². The van der Waals surface area contributed by atoms with Crippen LogP contribution in [0.5, 0.6) is 0 Å². The number of hydrogen-bond acceptors (Lipinski definition) is 4. The third-order valence-electron chi connectivity index (χ3n) is 0.946. The summed E-state index contributed by atoms with van der Waals surface area (Å²) in [6.07, 6.45) is 1.31. The molecule has 1 aliphatic rings. The van der Waals surface area contributed by atoms with Gasteiger partial charge in [0.05, 0.1) is 6.08 Å². The van der Waals surface area contributed by atoms with Gasteiger partial charge in [-0.25, -0.2) is 0 Å². The quantitative estimate of drug-likeness (QED) is 0.371. The monoisotopic (exact) mass is 128 g/mol. The van der Waals surface area contributed by atoms with E-state index in [1.54, 1.807) is 0 Å². The molecule has 0 spiro atoms. The molecule has 0 bridgehead atoms. The third kappa shape index (κ3) is 0.945. The highest BCUT2D eigenvalue weighted by Crippen LogP contribution is 1.91. The van der Waals surface area contributed by atoms with Crippen molar-refractivity contribution in [2.24, 2.45) is 0 Å². The molecule has 0 saturated carbocycles. The minimum Gasteiger partial charge on any atom is -0.336 e. The van der Waals surface area contributed by atoms with Gasteiger partial charge >= 0.3 is 12.2 Å². The van der Waals surface area contributed by atoms with Crippen molar-refractivity contribution in [3.8, 4) is 0 Å². The second kappa shape index (κ2) is 1.94. The zero-order chi connectivity index (χ0) is 6.85. The van der Waals surface area contributed by atoms with E-state index in [2.05, 4.69) is 5.32 Å². The molecule has 0 radical (unpaired) electrons. The van der Waals surface area contributed by atoms with Gasteiger partial charge in [0.25, 0.3) is 0 Å². The molecule has 0 aromatic carbocycles. The van der Waals surface area contributed by atoms with Crippen LogP contribution in [0.25, 0.3) is 0 Å². The van der Waals surface area contributed by atoms with E-state index in [0.29, 0.717) is 0 Å². The number of aliphatic hydroxyl groups is 1. The molecule has 1 unspecified atom stereocenters. The van der Waals surface area contributed by atoms with Gasteiger partial charge in [-0.3, -0.25) is 0 Å². The Morgan fingerprint density at radius 1 is 1.89 bits per heavy atom. The minimum absolute atomic E-state index is 0.167. The Kier molecular flexibility index (Phi) is 1.27. The Balaban J connectivity index is 2.81. The van der Waals surface area contributed by atoms with Crippen LogP contribution >= 0.6 is 0 Å². The van der Waals surface area contributed by atoms with Gasteiger partial charge in [0.1, 0.15) is 0 Å². The van der Waals surface area contributed by atoms with Crippen LogP contribution < -0.4 is 5.32 Å². The molecule has 1 atom stereocenters. The van der Waals surface area contributed by atoms with E-state index in [4.69, 9.17) is 10.5 Å². The lowest BCUT2D eigenvalue weighted by molar-refractivity contribution is -0.537. The van der Waals surface area contributed by atoms with Gasteiger partial charge in [-0.05, 0) is 0 Å². The van der Waals surface area contributed by atoms with Crippen LogP contribution in [0.3, 0.4) is 0 Å². The topological polar surface area (TPSA) is 76.2 Å².